The maximum absolute atomic E-state index is 12.7. The minimum absolute atomic E-state index is 0.103. The fourth-order valence-corrected chi connectivity index (χ4v) is 4.35. The number of nitrogens with zero attached hydrogens (tertiary/aromatic N) is 1. The summed E-state index contributed by atoms with van der Waals surface area (Å²) in [4.78, 5) is 26.4. The standard InChI is InChI=1S/C33H33N3O6/c1-40-27-15-13-24(14-16-27)26(18-23-10-17-30(41-2)31(19-23)42-3)21-36(33(38)39)20-22-8-11-25(12-9-22)32(37)35-29-7-5-4-6-28(29)34/h4-19H,20-21,34H2,1-3H3,(H,35,37)(H,38,39). The minimum atomic E-state index is -1.08. The number of nitrogens with two attached hydrogens (primary N) is 1. The number of amides is 2. The molecule has 4 aromatic rings. The predicted molar refractivity (Wildman–Crippen MR) is 164 cm³/mol. The quantitative estimate of drug-likeness (QED) is 0.144. The zero-order chi connectivity index (χ0) is 30.1. The number of carbonyl (C=O) groups is 2. The Morgan fingerprint density at radius 2 is 1.50 bits per heavy atom. The lowest BCUT2D eigenvalue weighted by molar-refractivity contribution is 0.102. The number of hydrogen-bond acceptors (Lipinski definition) is 6. The van der Waals surface area contributed by atoms with Crippen LogP contribution in [0, 0.1) is 0 Å². The van der Waals surface area contributed by atoms with Crippen molar-refractivity contribution in [2.75, 3.05) is 38.9 Å². The van der Waals surface area contributed by atoms with Gasteiger partial charge in [-0.15, -0.1) is 0 Å². The highest BCUT2D eigenvalue weighted by atomic mass is 16.5. The lowest BCUT2D eigenvalue weighted by atomic mass is 10.0. The molecule has 0 aliphatic heterocycles. The number of hydrogen-bond donors (Lipinski definition) is 3. The summed E-state index contributed by atoms with van der Waals surface area (Å²) >= 11 is 0. The summed E-state index contributed by atoms with van der Waals surface area (Å²) in [5.74, 6) is 1.54. The van der Waals surface area contributed by atoms with E-state index < -0.39 is 6.09 Å². The van der Waals surface area contributed by atoms with Crippen LogP contribution in [0.1, 0.15) is 27.0 Å². The van der Waals surface area contributed by atoms with Gasteiger partial charge in [-0.2, -0.15) is 0 Å². The number of nitrogens with one attached hydrogen (secondary N) is 1. The zero-order valence-electron chi connectivity index (χ0n) is 23.7. The molecule has 9 heteroatoms. The van der Waals surface area contributed by atoms with Crippen LogP contribution in [0.4, 0.5) is 16.2 Å². The van der Waals surface area contributed by atoms with Crippen molar-refractivity contribution in [2.45, 2.75) is 6.54 Å². The molecule has 0 radical (unpaired) electrons. The average molecular weight is 568 g/mol. The largest absolute Gasteiger partial charge is 0.497 e. The van der Waals surface area contributed by atoms with Gasteiger partial charge in [0.25, 0.3) is 5.91 Å². The SMILES string of the molecule is COc1ccc(C(=Cc2ccc(OC)c(OC)c2)CN(Cc2ccc(C(=O)Nc3ccccc3N)cc2)C(=O)O)cc1. The number of carbonyl (C=O) groups excluding carboxylic acids is 1. The van der Waals surface area contributed by atoms with Gasteiger partial charge < -0.3 is 30.4 Å². The average Bonchev–Trinajstić information content (AvgIpc) is 3.01. The molecule has 4 rings (SSSR count). The number of nitrogen functional groups attached to an aromatic ring is 1. The second kappa shape index (κ2) is 13.8. The predicted octanol–water partition coefficient (Wildman–Crippen LogP) is 6.27. The van der Waals surface area contributed by atoms with E-state index in [2.05, 4.69) is 5.32 Å². The van der Waals surface area contributed by atoms with Crippen molar-refractivity contribution in [1.29, 1.82) is 0 Å². The van der Waals surface area contributed by atoms with Gasteiger partial charge in [-0.05, 0) is 76.9 Å². The number of para-hydroxylation sites is 2. The Morgan fingerprint density at radius 1 is 0.833 bits per heavy atom. The molecule has 0 atom stereocenters. The normalized spacial score (nSPS) is 11.0. The second-order valence-electron chi connectivity index (χ2n) is 9.39. The number of methoxy groups -OCH3 is 3. The summed E-state index contributed by atoms with van der Waals surface area (Å²) in [7, 11) is 4.72. The number of carboxylic acid groups (broad SMARTS) is 1. The van der Waals surface area contributed by atoms with Crippen LogP contribution >= 0.6 is 0 Å². The van der Waals surface area contributed by atoms with E-state index in [4.69, 9.17) is 19.9 Å². The lowest BCUT2D eigenvalue weighted by Gasteiger charge is -2.22. The number of ether oxygens (including phenoxy) is 3. The highest BCUT2D eigenvalue weighted by Gasteiger charge is 2.17. The first-order chi connectivity index (χ1) is 20.3. The first kappa shape index (κ1) is 29.5. The highest BCUT2D eigenvalue weighted by Crippen LogP contribution is 2.30. The molecule has 0 unspecified atom stereocenters. The molecule has 0 fully saturated rings. The highest BCUT2D eigenvalue weighted by molar-refractivity contribution is 6.05. The van der Waals surface area contributed by atoms with Crippen LogP contribution in [0.2, 0.25) is 0 Å². The molecule has 42 heavy (non-hydrogen) atoms. The summed E-state index contributed by atoms with van der Waals surface area (Å²) in [6.45, 7) is 0.216. The third-order valence-corrected chi connectivity index (χ3v) is 6.64. The molecule has 0 aromatic heterocycles. The Balaban J connectivity index is 1.57. The third-order valence-electron chi connectivity index (χ3n) is 6.64. The zero-order valence-corrected chi connectivity index (χ0v) is 23.7. The Hall–Kier alpha value is -5.44. The molecule has 0 saturated carbocycles. The topological polar surface area (TPSA) is 123 Å². The number of anilines is 2. The Labute approximate surface area is 244 Å². The third kappa shape index (κ3) is 7.39. The van der Waals surface area contributed by atoms with E-state index in [9.17, 15) is 14.7 Å². The molecule has 216 valence electrons. The first-order valence-electron chi connectivity index (χ1n) is 13.1. The van der Waals surface area contributed by atoms with Gasteiger partial charge in [-0.25, -0.2) is 4.79 Å². The number of benzene rings is 4. The van der Waals surface area contributed by atoms with E-state index in [0.29, 0.717) is 34.2 Å². The van der Waals surface area contributed by atoms with E-state index in [1.807, 2.05) is 42.5 Å². The van der Waals surface area contributed by atoms with Gasteiger partial charge >= 0.3 is 6.09 Å². The lowest BCUT2D eigenvalue weighted by Crippen LogP contribution is -2.30. The van der Waals surface area contributed by atoms with Crippen molar-refractivity contribution < 1.29 is 28.9 Å². The number of rotatable bonds is 11. The van der Waals surface area contributed by atoms with Crippen LogP contribution in [0.3, 0.4) is 0 Å². The van der Waals surface area contributed by atoms with Crippen molar-refractivity contribution in [2.24, 2.45) is 0 Å². The van der Waals surface area contributed by atoms with Crippen LogP contribution in [0.15, 0.2) is 91.0 Å². The van der Waals surface area contributed by atoms with Gasteiger partial charge in [0.15, 0.2) is 11.5 Å². The maximum Gasteiger partial charge on any atom is 0.407 e. The summed E-state index contributed by atoms with van der Waals surface area (Å²) in [6, 6.07) is 26.8. The second-order valence-corrected chi connectivity index (χ2v) is 9.39. The molecule has 4 aromatic carbocycles. The van der Waals surface area contributed by atoms with Crippen molar-refractivity contribution in [3.8, 4) is 17.2 Å². The van der Waals surface area contributed by atoms with Gasteiger partial charge in [0, 0.05) is 18.7 Å². The van der Waals surface area contributed by atoms with E-state index in [1.54, 1.807) is 75.9 Å². The summed E-state index contributed by atoms with van der Waals surface area (Å²) in [5, 5.41) is 12.9. The molecule has 0 aliphatic rings. The van der Waals surface area contributed by atoms with E-state index in [1.165, 1.54) is 4.90 Å². The van der Waals surface area contributed by atoms with E-state index in [-0.39, 0.29) is 19.0 Å². The monoisotopic (exact) mass is 567 g/mol. The van der Waals surface area contributed by atoms with Crippen LogP contribution < -0.4 is 25.3 Å². The van der Waals surface area contributed by atoms with Crippen molar-refractivity contribution >= 4 is 35.0 Å². The van der Waals surface area contributed by atoms with Crippen molar-refractivity contribution in [3.05, 3.63) is 113 Å². The Morgan fingerprint density at radius 3 is 2.12 bits per heavy atom. The Bertz CT molecular complexity index is 1570. The summed E-state index contributed by atoms with van der Waals surface area (Å²) in [5.41, 5.74) is 10.5. The maximum atomic E-state index is 12.7. The molecular weight excluding hydrogens is 534 g/mol. The molecule has 0 aliphatic carbocycles. The van der Waals surface area contributed by atoms with Crippen molar-refractivity contribution in [1.82, 2.24) is 4.90 Å². The molecular formula is C33H33N3O6. The molecule has 0 spiro atoms. The van der Waals surface area contributed by atoms with Crippen LogP contribution in [-0.2, 0) is 6.54 Å². The summed E-state index contributed by atoms with van der Waals surface area (Å²) in [6.07, 6.45) is 0.839. The summed E-state index contributed by atoms with van der Waals surface area (Å²) < 4.78 is 16.1. The Kier molecular flexibility index (Phi) is 9.68. The van der Waals surface area contributed by atoms with Gasteiger partial charge in [-0.3, -0.25) is 9.69 Å². The molecule has 0 heterocycles. The first-order valence-corrected chi connectivity index (χ1v) is 13.1. The fraction of sp³-hybridized carbons (Fsp3) is 0.152. The van der Waals surface area contributed by atoms with Gasteiger partial charge in [0.1, 0.15) is 5.75 Å². The molecule has 0 bridgehead atoms. The molecule has 9 nitrogen and oxygen atoms in total. The van der Waals surface area contributed by atoms with Crippen molar-refractivity contribution in [3.63, 3.8) is 0 Å². The van der Waals surface area contributed by atoms with Crippen LogP contribution in [0.25, 0.3) is 11.6 Å². The van der Waals surface area contributed by atoms with E-state index >= 15 is 0 Å². The van der Waals surface area contributed by atoms with Gasteiger partial charge in [-0.1, -0.05) is 42.5 Å². The molecule has 2 amide bonds. The van der Waals surface area contributed by atoms with Gasteiger partial charge in [0.05, 0.1) is 32.7 Å². The van der Waals surface area contributed by atoms with E-state index in [0.717, 1.165) is 22.3 Å². The van der Waals surface area contributed by atoms with Gasteiger partial charge in [0.2, 0.25) is 0 Å². The molecule has 0 saturated heterocycles. The smallest absolute Gasteiger partial charge is 0.407 e. The van der Waals surface area contributed by atoms with Crippen LogP contribution in [-0.4, -0.2) is 49.9 Å². The molecule has 4 N–H and O–H groups in total. The fourth-order valence-electron chi connectivity index (χ4n) is 4.35. The van der Waals surface area contributed by atoms with Crippen LogP contribution in [0.5, 0.6) is 17.2 Å². The minimum Gasteiger partial charge on any atom is -0.497 e.